The quantitative estimate of drug-likeness (QED) is 0.788. The number of nitrogens with one attached hydrogen (secondary N) is 1. The molecular formula is C14H19NO4S. The van der Waals surface area contributed by atoms with Gasteiger partial charge in [-0.1, -0.05) is 26.0 Å². The molecule has 1 aromatic carbocycles. The third kappa shape index (κ3) is 4.79. The minimum Gasteiger partial charge on any atom is -0.478 e. The van der Waals surface area contributed by atoms with Gasteiger partial charge in [-0.15, -0.1) is 0 Å². The lowest BCUT2D eigenvalue weighted by Gasteiger charge is -2.09. The van der Waals surface area contributed by atoms with Crippen molar-refractivity contribution in [1.29, 1.82) is 0 Å². The summed E-state index contributed by atoms with van der Waals surface area (Å²) < 4.78 is 26.6. The highest BCUT2D eigenvalue weighted by Crippen LogP contribution is 2.14. The van der Waals surface area contributed by atoms with Gasteiger partial charge in [-0.25, -0.2) is 17.9 Å². The van der Waals surface area contributed by atoms with E-state index in [9.17, 15) is 13.2 Å². The van der Waals surface area contributed by atoms with Crippen LogP contribution in [0.4, 0.5) is 0 Å². The van der Waals surface area contributed by atoms with Crippen LogP contribution in [0.5, 0.6) is 0 Å². The molecule has 0 fully saturated rings. The van der Waals surface area contributed by atoms with Crippen molar-refractivity contribution in [1.82, 2.24) is 4.72 Å². The van der Waals surface area contributed by atoms with Crippen molar-refractivity contribution in [3.63, 3.8) is 0 Å². The molecule has 0 amide bonds. The highest BCUT2D eigenvalue weighted by atomic mass is 32.2. The molecule has 0 heterocycles. The number of aliphatic carboxylic acids is 1. The average molecular weight is 297 g/mol. The zero-order chi connectivity index (χ0) is 15.3. The van der Waals surface area contributed by atoms with Crippen LogP contribution in [0.2, 0.25) is 0 Å². The Morgan fingerprint density at radius 2 is 2.05 bits per heavy atom. The van der Waals surface area contributed by atoms with Gasteiger partial charge < -0.3 is 5.11 Å². The fourth-order valence-electron chi connectivity index (χ4n) is 1.44. The molecule has 0 aromatic heterocycles. The van der Waals surface area contributed by atoms with Gasteiger partial charge in [0.05, 0.1) is 4.90 Å². The second-order valence-electron chi connectivity index (χ2n) is 4.95. The molecule has 0 aliphatic heterocycles. The Bertz CT molecular complexity index is 618. The largest absolute Gasteiger partial charge is 0.478 e. The average Bonchev–Trinajstić information content (AvgIpc) is 2.36. The Morgan fingerprint density at radius 1 is 1.40 bits per heavy atom. The van der Waals surface area contributed by atoms with E-state index >= 15 is 0 Å². The summed E-state index contributed by atoms with van der Waals surface area (Å²) in [4.78, 5) is 10.9. The van der Waals surface area contributed by atoms with Crippen LogP contribution in [0.15, 0.2) is 34.7 Å². The molecule has 0 unspecified atom stereocenters. The molecule has 0 saturated heterocycles. The lowest BCUT2D eigenvalue weighted by molar-refractivity contribution is -0.132. The summed E-state index contributed by atoms with van der Waals surface area (Å²) in [6.07, 6.45) is 1.43. The van der Waals surface area contributed by atoms with Crippen molar-refractivity contribution in [2.75, 3.05) is 6.54 Å². The first-order valence-electron chi connectivity index (χ1n) is 6.23. The monoisotopic (exact) mass is 297 g/mol. The predicted octanol–water partition coefficient (Wildman–Crippen LogP) is 2.11. The third-order valence-electron chi connectivity index (χ3n) is 2.57. The molecule has 0 radical (unpaired) electrons. The standard InChI is InChI=1S/C14H19NO4S/c1-10(2)9-15-20(18,19)13-6-4-5-12(8-13)7-11(3)14(16)17/h4-8,10,15H,9H2,1-3H3,(H,16,17)/b11-7+. The predicted molar refractivity (Wildman–Crippen MR) is 77.8 cm³/mol. The van der Waals surface area contributed by atoms with Crippen LogP contribution in [0, 0.1) is 5.92 Å². The molecule has 0 aliphatic rings. The first-order valence-corrected chi connectivity index (χ1v) is 7.72. The van der Waals surface area contributed by atoms with E-state index in [0.29, 0.717) is 12.1 Å². The van der Waals surface area contributed by atoms with Crippen LogP contribution in [0.3, 0.4) is 0 Å². The highest BCUT2D eigenvalue weighted by Gasteiger charge is 2.14. The summed E-state index contributed by atoms with van der Waals surface area (Å²) in [5, 5.41) is 8.82. The van der Waals surface area contributed by atoms with Gasteiger partial charge in [-0.3, -0.25) is 0 Å². The fraction of sp³-hybridized carbons (Fsp3) is 0.357. The van der Waals surface area contributed by atoms with E-state index in [4.69, 9.17) is 5.11 Å². The number of carbonyl (C=O) groups is 1. The summed E-state index contributed by atoms with van der Waals surface area (Å²) in [6, 6.07) is 6.18. The van der Waals surface area contributed by atoms with E-state index < -0.39 is 16.0 Å². The maximum Gasteiger partial charge on any atom is 0.331 e. The number of benzene rings is 1. The van der Waals surface area contributed by atoms with E-state index in [-0.39, 0.29) is 16.4 Å². The maximum absolute atomic E-state index is 12.1. The summed E-state index contributed by atoms with van der Waals surface area (Å²) in [6.45, 7) is 5.65. The number of carboxylic acids is 1. The molecule has 6 heteroatoms. The van der Waals surface area contributed by atoms with Crippen molar-refractivity contribution in [3.05, 3.63) is 35.4 Å². The van der Waals surface area contributed by atoms with E-state index in [1.54, 1.807) is 12.1 Å². The van der Waals surface area contributed by atoms with Crippen molar-refractivity contribution >= 4 is 22.1 Å². The van der Waals surface area contributed by atoms with E-state index in [0.717, 1.165) is 0 Å². The summed E-state index contributed by atoms with van der Waals surface area (Å²) in [5.74, 6) is -0.821. The second-order valence-corrected chi connectivity index (χ2v) is 6.72. The van der Waals surface area contributed by atoms with Crippen LogP contribution < -0.4 is 4.72 Å². The number of hydrogen-bond acceptors (Lipinski definition) is 3. The second kappa shape index (κ2) is 6.67. The Morgan fingerprint density at radius 3 is 2.60 bits per heavy atom. The van der Waals surface area contributed by atoms with Gasteiger partial charge in [-0.05, 0) is 36.6 Å². The first-order chi connectivity index (χ1) is 9.22. The Labute approximate surface area is 119 Å². The molecule has 0 spiro atoms. The minimum absolute atomic E-state index is 0.130. The van der Waals surface area contributed by atoms with E-state index in [1.165, 1.54) is 25.1 Å². The molecule has 1 rings (SSSR count). The first kappa shape index (κ1) is 16.4. The van der Waals surface area contributed by atoms with Crippen molar-refractivity contribution in [2.24, 2.45) is 5.92 Å². The molecule has 0 atom stereocenters. The molecule has 0 saturated carbocycles. The molecule has 0 bridgehead atoms. The van der Waals surface area contributed by atoms with Gasteiger partial charge in [0.1, 0.15) is 0 Å². The Hall–Kier alpha value is -1.66. The minimum atomic E-state index is -3.56. The number of rotatable bonds is 6. The molecule has 110 valence electrons. The topological polar surface area (TPSA) is 83.5 Å². The van der Waals surface area contributed by atoms with Crippen molar-refractivity contribution in [2.45, 2.75) is 25.7 Å². The van der Waals surface area contributed by atoms with E-state index in [2.05, 4.69) is 4.72 Å². The fourth-order valence-corrected chi connectivity index (χ4v) is 2.71. The SMILES string of the molecule is C/C(=C\c1cccc(S(=O)(=O)NCC(C)C)c1)C(=O)O. The zero-order valence-electron chi connectivity index (χ0n) is 11.8. The van der Waals surface area contributed by atoms with Crippen LogP contribution in [-0.4, -0.2) is 26.0 Å². The molecule has 2 N–H and O–H groups in total. The third-order valence-corrected chi connectivity index (χ3v) is 3.99. The molecule has 0 aliphatic carbocycles. The highest BCUT2D eigenvalue weighted by molar-refractivity contribution is 7.89. The van der Waals surface area contributed by atoms with Gasteiger partial charge in [0, 0.05) is 12.1 Å². The van der Waals surface area contributed by atoms with Crippen LogP contribution in [0.1, 0.15) is 26.3 Å². The van der Waals surface area contributed by atoms with Crippen LogP contribution in [0.25, 0.3) is 6.08 Å². The lowest BCUT2D eigenvalue weighted by Crippen LogP contribution is -2.27. The van der Waals surface area contributed by atoms with E-state index in [1.807, 2.05) is 13.8 Å². The number of hydrogen-bond donors (Lipinski definition) is 2. The molecule has 1 aromatic rings. The Balaban J connectivity index is 3.04. The Kier molecular flexibility index (Phi) is 5.47. The zero-order valence-corrected chi connectivity index (χ0v) is 12.6. The molecule has 20 heavy (non-hydrogen) atoms. The van der Waals surface area contributed by atoms with Gasteiger partial charge in [0.2, 0.25) is 10.0 Å². The lowest BCUT2D eigenvalue weighted by atomic mass is 10.1. The number of carboxylic acid groups (broad SMARTS) is 1. The van der Waals surface area contributed by atoms with Crippen molar-refractivity contribution in [3.8, 4) is 0 Å². The molecular weight excluding hydrogens is 278 g/mol. The van der Waals surface area contributed by atoms with Gasteiger partial charge in [-0.2, -0.15) is 0 Å². The maximum atomic E-state index is 12.1. The summed E-state index contributed by atoms with van der Waals surface area (Å²) >= 11 is 0. The van der Waals surface area contributed by atoms with Gasteiger partial charge in [0.25, 0.3) is 0 Å². The van der Waals surface area contributed by atoms with Gasteiger partial charge >= 0.3 is 5.97 Å². The normalized spacial score (nSPS) is 12.7. The van der Waals surface area contributed by atoms with Crippen LogP contribution >= 0.6 is 0 Å². The number of sulfonamides is 1. The van der Waals surface area contributed by atoms with Crippen molar-refractivity contribution < 1.29 is 18.3 Å². The summed E-state index contributed by atoms with van der Waals surface area (Å²) in [5.41, 5.74) is 0.687. The molecule has 5 nitrogen and oxygen atoms in total. The van der Waals surface area contributed by atoms with Gasteiger partial charge in [0.15, 0.2) is 0 Å². The smallest absolute Gasteiger partial charge is 0.331 e. The van der Waals surface area contributed by atoms with Crippen LogP contribution in [-0.2, 0) is 14.8 Å². The summed E-state index contributed by atoms with van der Waals surface area (Å²) in [7, 11) is -3.56.